The Morgan fingerprint density at radius 3 is 2.22 bits per heavy atom. The lowest BCUT2D eigenvalue weighted by molar-refractivity contribution is -0.666. The summed E-state index contributed by atoms with van der Waals surface area (Å²) in [5, 5.41) is 2.04. The van der Waals surface area contributed by atoms with Gasteiger partial charge >= 0.3 is 0 Å². The summed E-state index contributed by atoms with van der Waals surface area (Å²) in [6, 6.07) is 0. The summed E-state index contributed by atoms with van der Waals surface area (Å²) in [7, 11) is 1.98. The molecule has 0 bridgehead atoms. The molecule has 0 amide bonds. The van der Waals surface area contributed by atoms with Gasteiger partial charge in [-0.15, -0.1) is 0 Å². The predicted molar refractivity (Wildman–Crippen MR) is 35.0 cm³/mol. The van der Waals surface area contributed by atoms with Crippen LogP contribution >= 0.6 is 0 Å². The fourth-order valence-corrected chi connectivity index (χ4v) is 1.54. The third-order valence-electron chi connectivity index (χ3n) is 2.53. The van der Waals surface area contributed by atoms with Crippen molar-refractivity contribution in [2.24, 2.45) is 5.92 Å². The fourth-order valence-electron chi connectivity index (χ4n) is 1.54. The van der Waals surface area contributed by atoms with E-state index in [0.717, 1.165) is 6.42 Å². The van der Waals surface area contributed by atoms with Crippen molar-refractivity contribution in [1.82, 2.24) is 0 Å². The van der Waals surface area contributed by atoms with E-state index in [9.17, 15) is 4.79 Å². The summed E-state index contributed by atoms with van der Waals surface area (Å²) in [6.45, 7) is 3.81. The summed E-state index contributed by atoms with van der Waals surface area (Å²) in [6.07, 6.45) is 1.07. The maximum Gasteiger partial charge on any atom is 0.190 e. The summed E-state index contributed by atoms with van der Waals surface area (Å²) in [5.74, 6) is 0.928. The highest BCUT2D eigenvalue weighted by atomic mass is 16.1. The quantitative estimate of drug-likeness (QED) is 0.537. The Hall–Kier alpha value is -0.370. The molecule has 0 heterocycles. The van der Waals surface area contributed by atoms with E-state index in [1.54, 1.807) is 6.92 Å². The van der Waals surface area contributed by atoms with Crippen molar-refractivity contribution >= 4 is 5.78 Å². The van der Waals surface area contributed by atoms with E-state index < -0.39 is 0 Å². The molecule has 52 valence electrons. The summed E-state index contributed by atoms with van der Waals surface area (Å²) in [4.78, 5) is 10.9. The van der Waals surface area contributed by atoms with Crippen molar-refractivity contribution in [1.29, 1.82) is 0 Å². The van der Waals surface area contributed by atoms with Gasteiger partial charge < -0.3 is 5.32 Å². The topological polar surface area (TPSA) is 33.7 Å². The van der Waals surface area contributed by atoms with Crippen LogP contribution in [0.5, 0.6) is 0 Å². The molecule has 0 aromatic rings. The lowest BCUT2D eigenvalue weighted by Gasteiger charge is -2.05. The van der Waals surface area contributed by atoms with E-state index in [1.807, 2.05) is 12.4 Å². The van der Waals surface area contributed by atoms with Gasteiger partial charge in [-0.1, -0.05) is 6.92 Å². The number of likely N-dealkylation sites (N-methyl/N-ethyl adjacent to an activating group) is 1. The van der Waals surface area contributed by atoms with Crippen molar-refractivity contribution in [3.63, 3.8) is 0 Å². The number of nitrogens with two attached hydrogens (primary N) is 1. The second kappa shape index (κ2) is 1.81. The van der Waals surface area contributed by atoms with Gasteiger partial charge in [-0.2, -0.15) is 0 Å². The first-order valence-corrected chi connectivity index (χ1v) is 3.45. The number of quaternary nitrogens is 1. The molecule has 0 aromatic heterocycles. The summed E-state index contributed by atoms with van der Waals surface area (Å²) < 4.78 is 0. The fraction of sp³-hybridized carbons (Fsp3) is 0.857. The molecule has 0 aliphatic heterocycles. The van der Waals surface area contributed by atoms with E-state index in [-0.39, 0.29) is 5.54 Å². The molecule has 0 saturated heterocycles. The molecule has 2 heteroatoms. The van der Waals surface area contributed by atoms with Gasteiger partial charge in [0, 0.05) is 19.3 Å². The van der Waals surface area contributed by atoms with Crippen LogP contribution in [0, 0.1) is 5.92 Å². The van der Waals surface area contributed by atoms with Crippen LogP contribution in [0.4, 0.5) is 0 Å². The van der Waals surface area contributed by atoms with E-state index in [0.29, 0.717) is 11.7 Å². The van der Waals surface area contributed by atoms with Gasteiger partial charge in [-0.05, 0) is 0 Å². The van der Waals surface area contributed by atoms with E-state index in [1.165, 1.54) is 0 Å². The molecule has 9 heavy (non-hydrogen) atoms. The first-order valence-electron chi connectivity index (χ1n) is 3.45. The number of hydrogen-bond acceptors (Lipinski definition) is 1. The molecule has 0 spiro atoms. The van der Waals surface area contributed by atoms with Gasteiger partial charge in [0.1, 0.15) is 0 Å². The van der Waals surface area contributed by atoms with Crippen LogP contribution in [-0.2, 0) is 4.79 Å². The molecule has 0 aromatic carbocycles. The zero-order valence-electron chi connectivity index (χ0n) is 6.27. The first-order chi connectivity index (χ1) is 4.13. The molecule has 2 nitrogen and oxygen atoms in total. The van der Waals surface area contributed by atoms with Crippen molar-refractivity contribution in [2.45, 2.75) is 25.8 Å². The molecule has 1 aliphatic rings. The highest BCUT2D eigenvalue weighted by molar-refractivity contribution is 5.87. The highest BCUT2D eigenvalue weighted by Crippen LogP contribution is 2.39. The van der Waals surface area contributed by atoms with Crippen molar-refractivity contribution in [3.8, 4) is 0 Å². The van der Waals surface area contributed by atoms with Gasteiger partial charge in [-0.25, -0.2) is 0 Å². The Balaban J connectivity index is 2.62. The third-order valence-corrected chi connectivity index (χ3v) is 2.53. The summed E-state index contributed by atoms with van der Waals surface area (Å²) >= 11 is 0. The third kappa shape index (κ3) is 0.778. The molecule has 1 aliphatic carbocycles. The van der Waals surface area contributed by atoms with Crippen LogP contribution in [0.3, 0.4) is 0 Å². The number of Topliss-reactive ketones (excluding diaryl/α,β-unsaturated/α-hetero) is 1. The molecular weight excluding hydrogens is 114 g/mol. The smallest absolute Gasteiger partial charge is 0.190 e. The van der Waals surface area contributed by atoms with E-state index >= 15 is 0 Å². The van der Waals surface area contributed by atoms with Gasteiger partial charge in [0.2, 0.25) is 0 Å². The molecule has 1 saturated carbocycles. The van der Waals surface area contributed by atoms with Gasteiger partial charge in [-0.3, -0.25) is 4.79 Å². The van der Waals surface area contributed by atoms with Crippen LogP contribution < -0.4 is 5.32 Å². The molecule has 2 atom stereocenters. The van der Waals surface area contributed by atoms with Crippen molar-refractivity contribution < 1.29 is 10.1 Å². The second-order valence-electron chi connectivity index (χ2n) is 2.99. The molecular formula is C7H14NO+. The highest BCUT2D eigenvalue weighted by Gasteiger charge is 2.58. The normalized spacial score (nSPS) is 40.6. The van der Waals surface area contributed by atoms with Gasteiger partial charge in [0.05, 0.1) is 7.05 Å². The lowest BCUT2D eigenvalue weighted by atomic mass is 10.1. The largest absolute Gasteiger partial charge is 0.337 e. The van der Waals surface area contributed by atoms with Gasteiger partial charge in [0.15, 0.2) is 11.3 Å². The minimum Gasteiger partial charge on any atom is -0.337 e. The van der Waals surface area contributed by atoms with Gasteiger partial charge in [0.25, 0.3) is 0 Å². The zero-order valence-corrected chi connectivity index (χ0v) is 6.27. The molecule has 1 unspecified atom stereocenters. The van der Waals surface area contributed by atoms with Crippen LogP contribution in [0.25, 0.3) is 0 Å². The monoisotopic (exact) mass is 128 g/mol. The molecule has 1 fully saturated rings. The number of rotatable bonds is 2. The Morgan fingerprint density at radius 2 is 2.22 bits per heavy atom. The lowest BCUT2D eigenvalue weighted by Crippen LogP contribution is -2.91. The molecule has 1 rings (SSSR count). The Labute approximate surface area is 55.6 Å². The minimum atomic E-state index is -0.0139. The number of ketones is 1. The first kappa shape index (κ1) is 6.75. The van der Waals surface area contributed by atoms with Crippen molar-refractivity contribution in [3.05, 3.63) is 0 Å². The van der Waals surface area contributed by atoms with Crippen LogP contribution in [0.15, 0.2) is 0 Å². The molecule has 0 radical (unpaired) electrons. The van der Waals surface area contributed by atoms with E-state index in [2.05, 4.69) is 6.92 Å². The van der Waals surface area contributed by atoms with E-state index in [4.69, 9.17) is 0 Å². The number of carbonyl (C=O) groups excluding carboxylic acids is 1. The Morgan fingerprint density at radius 1 is 1.78 bits per heavy atom. The Bertz CT molecular complexity index is 140. The standard InChI is InChI=1S/C7H13NO/c1-5-4-7(5,8-3)6(2)9/h5,8H,4H2,1-3H3/p+1/t5?,7-/m1/s1. The van der Waals surface area contributed by atoms with Crippen LogP contribution in [0.2, 0.25) is 0 Å². The maximum atomic E-state index is 10.9. The SMILES string of the molecule is C[NH2+][C@]1(C(C)=O)CC1C. The zero-order chi connectivity index (χ0) is 7.07. The second-order valence-corrected chi connectivity index (χ2v) is 2.99. The maximum absolute atomic E-state index is 10.9. The average Bonchev–Trinajstić information content (AvgIpc) is 2.43. The predicted octanol–water partition coefficient (Wildman–Crippen LogP) is -0.453. The van der Waals surface area contributed by atoms with Crippen molar-refractivity contribution in [2.75, 3.05) is 7.05 Å². The molecule has 2 N–H and O–H groups in total. The average molecular weight is 128 g/mol. The minimum absolute atomic E-state index is 0.0139. The van der Waals surface area contributed by atoms with Crippen LogP contribution in [0.1, 0.15) is 20.3 Å². The van der Waals surface area contributed by atoms with Crippen LogP contribution in [-0.4, -0.2) is 18.4 Å². The Kier molecular flexibility index (Phi) is 1.35. The number of carbonyl (C=O) groups is 1. The number of hydrogen-bond donors (Lipinski definition) is 1. The summed E-state index contributed by atoms with van der Waals surface area (Å²) in [5.41, 5.74) is -0.0139.